The predicted molar refractivity (Wildman–Crippen MR) is 194 cm³/mol. The molecular weight excluding hydrogens is 731 g/mol. The first-order valence-corrected chi connectivity index (χ1v) is 24.9. The second-order valence-electron chi connectivity index (χ2n) is 15.6. The van der Waals surface area contributed by atoms with Crippen LogP contribution in [-0.2, 0) is 39.0 Å². The maximum Gasteiger partial charge on any atom is 0.327 e. The van der Waals surface area contributed by atoms with Gasteiger partial charge in [0.25, 0.3) is 0 Å². The van der Waals surface area contributed by atoms with E-state index < -0.39 is 65.6 Å². The van der Waals surface area contributed by atoms with Crippen molar-refractivity contribution in [3.8, 4) is 0 Å². The number of rotatable bonds is 9. The van der Waals surface area contributed by atoms with Crippen molar-refractivity contribution in [1.29, 1.82) is 0 Å². The molecule has 272 valence electrons. The third-order valence-electron chi connectivity index (χ3n) is 10.1. The number of ether oxygens (including phenoxy) is 1. The monoisotopic (exact) mass is 777 g/mol. The lowest BCUT2D eigenvalue weighted by Gasteiger charge is -2.44. The van der Waals surface area contributed by atoms with Crippen LogP contribution < -0.4 is 5.73 Å². The minimum absolute atomic E-state index is 0.0276. The van der Waals surface area contributed by atoms with Crippen LogP contribution in [0.25, 0.3) is 11.2 Å². The number of fused-ring (bicyclic) bond motifs is 1. The van der Waals surface area contributed by atoms with Crippen LogP contribution in [0.5, 0.6) is 0 Å². The largest absolute Gasteiger partial charge is 0.408 e. The number of aromatic nitrogens is 4. The molecule has 0 bridgehead atoms. The highest BCUT2D eigenvalue weighted by atomic mass is 35.5. The normalized spacial score (nSPS) is 27.2. The molecule has 0 aliphatic carbocycles. The first-order chi connectivity index (χ1) is 22.5. The molecular formula is C31H47ClF2N5O6PSSi2. The van der Waals surface area contributed by atoms with E-state index >= 15 is 0 Å². The van der Waals surface area contributed by atoms with Crippen LogP contribution in [0.2, 0.25) is 41.3 Å². The molecule has 18 heteroatoms. The van der Waals surface area contributed by atoms with Gasteiger partial charge in [-0.05, 0) is 60.2 Å². The van der Waals surface area contributed by atoms with Crippen molar-refractivity contribution < 1.29 is 35.9 Å². The summed E-state index contributed by atoms with van der Waals surface area (Å²) in [6, 6.07) is 1.95. The third-order valence-corrected chi connectivity index (χ3v) is 21.7. The van der Waals surface area contributed by atoms with E-state index in [1.165, 1.54) is 6.33 Å². The van der Waals surface area contributed by atoms with E-state index in [1.54, 1.807) is 10.9 Å². The van der Waals surface area contributed by atoms with E-state index in [0.717, 1.165) is 12.1 Å². The molecule has 1 aromatic carbocycles. The Hall–Kier alpha value is -1.44. The Morgan fingerprint density at radius 2 is 1.61 bits per heavy atom. The Kier molecular flexibility index (Phi) is 11.0. The van der Waals surface area contributed by atoms with Gasteiger partial charge in [0.1, 0.15) is 30.2 Å². The van der Waals surface area contributed by atoms with Crippen molar-refractivity contribution in [2.24, 2.45) is 0 Å². The van der Waals surface area contributed by atoms with Gasteiger partial charge in [0.2, 0.25) is 0 Å². The molecule has 2 aliphatic heterocycles. The SMILES string of the molecule is CC(C)(C)[Si](C)(C)O[C@@H]1[C@H](O[Si](C)(C)C(C)(C)C)[C@@H](COP2(=S)OCCC(c3cc(F)c(F)cc3Cl)O2)O[C@H]1n1cnc2c(N)ncnc21. The molecule has 11 nitrogen and oxygen atoms in total. The molecule has 0 radical (unpaired) electrons. The first kappa shape index (κ1) is 38.8. The highest BCUT2D eigenvalue weighted by Crippen LogP contribution is 2.58. The molecule has 0 spiro atoms. The minimum atomic E-state index is -3.41. The van der Waals surface area contributed by atoms with Crippen LogP contribution in [0.1, 0.15) is 65.9 Å². The van der Waals surface area contributed by atoms with Crippen LogP contribution in [0.15, 0.2) is 24.8 Å². The van der Waals surface area contributed by atoms with Crippen LogP contribution in [0.3, 0.4) is 0 Å². The average molecular weight is 778 g/mol. The maximum absolute atomic E-state index is 14.2. The van der Waals surface area contributed by atoms with E-state index in [4.69, 9.17) is 56.3 Å². The van der Waals surface area contributed by atoms with Gasteiger partial charge < -0.3 is 32.9 Å². The van der Waals surface area contributed by atoms with Gasteiger partial charge in [-0.3, -0.25) is 4.57 Å². The molecule has 2 N–H and O–H groups in total. The molecule has 0 amide bonds. The van der Waals surface area contributed by atoms with Crippen molar-refractivity contribution in [2.75, 3.05) is 18.9 Å². The van der Waals surface area contributed by atoms with Gasteiger partial charge in [0.15, 0.2) is 46.0 Å². The van der Waals surface area contributed by atoms with Gasteiger partial charge >= 0.3 is 6.72 Å². The Bertz CT molecular complexity index is 1740. The minimum Gasteiger partial charge on any atom is -0.408 e. The summed E-state index contributed by atoms with van der Waals surface area (Å²) in [6.07, 6.45) is -0.0264. The summed E-state index contributed by atoms with van der Waals surface area (Å²) in [4.78, 5) is 13.1. The van der Waals surface area contributed by atoms with Crippen LogP contribution in [0.4, 0.5) is 14.6 Å². The summed E-state index contributed by atoms with van der Waals surface area (Å²) < 4.78 is 69.4. The number of nitrogens with two attached hydrogens (primary N) is 1. The lowest BCUT2D eigenvalue weighted by molar-refractivity contribution is -0.0515. The molecule has 3 aromatic rings. The number of hydrogen-bond donors (Lipinski definition) is 1. The highest BCUT2D eigenvalue weighted by Gasteiger charge is 2.55. The lowest BCUT2D eigenvalue weighted by atomic mass is 10.1. The fraction of sp³-hybridized carbons (Fsp3) is 0.645. The second kappa shape index (κ2) is 13.8. The predicted octanol–water partition coefficient (Wildman–Crippen LogP) is 8.44. The van der Waals surface area contributed by atoms with E-state index in [1.807, 2.05) is 0 Å². The number of imidazole rings is 1. The zero-order chi connectivity index (χ0) is 36.3. The molecule has 2 aromatic heterocycles. The molecule has 49 heavy (non-hydrogen) atoms. The lowest BCUT2D eigenvalue weighted by Crippen LogP contribution is -2.54. The van der Waals surface area contributed by atoms with Crippen molar-refractivity contribution >= 4 is 63.7 Å². The number of benzene rings is 1. The number of nitrogen functional groups attached to an aromatic ring is 1. The van der Waals surface area contributed by atoms with Crippen molar-refractivity contribution in [3.63, 3.8) is 0 Å². The standard InChI is InChI=1S/C31H47ClF2N5O6PSSi2/c1-30(2,3)48(7,8)44-25-23(15-41-46(47)40-12-11-22(43-46)18-13-20(33)21(34)14-19(18)32)42-29(26(25)45-49(9,10)31(4,5)6)39-17-38-24-27(35)36-16-37-28(24)39/h13-14,16-17,22-23,25-26,29H,11-12,15H2,1-10H3,(H2,35,36,37)/t22?,23-,25-,26-,29-,46?/m1/s1. The molecule has 2 unspecified atom stereocenters. The fourth-order valence-corrected chi connectivity index (χ4v) is 10.1. The number of halogens is 3. The molecule has 5 rings (SSSR count). The molecule has 2 aliphatic rings. The number of hydrogen-bond acceptors (Lipinski definition) is 11. The summed E-state index contributed by atoms with van der Waals surface area (Å²) in [6.45, 7) is 18.4. The third kappa shape index (κ3) is 7.99. The molecule has 4 heterocycles. The van der Waals surface area contributed by atoms with Gasteiger partial charge in [-0.1, -0.05) is 53.1 Å². The van der Waals surface area contributed by atoms with Gasteiger partial charge in [-0.15, -0.1) is 0 Å². The summed E-state index contributed by atoms with van der Waals surface area (Å²) >= 11 is 12.1. The van der Waals surface area contributed by atoms with E-state index in [0.29, 0.717) is 17.6 Å². The Labute approximate surface area is 299 Å². The van der Waals surface area contributed by atoms with Gasteiger partial charge in [0.05, 0.1) is 25.6 Å². The topological polar surface area (TPSA) is 125 Å². The zero-order valence-corrected chi connectivity index (χ0v) is 34.1. The Morgan fingerprint density at radius 1 is 1.00 bits per heavy atom. The van der Waals surface area contributed by atoms with E-state index in [-0.39, 0.29) is 39.7 Å². The highest BCUT2D eigenvalue weighted by molar-refractivity contribution is 8.07. The van der Waals surface area contributed by atoms with Crippen LogP contribution in [0, 0.1) is 11.6 Å². The molecule has 2 fully saturated rings. The van der Waals surface area contributed by atoms with Crippen molar-refractivity contribution in [1.82, 2.24) is 19.5 Å². The van der Waals surface area contributed by atoms with E-state index in [2.05, 4.69) is 82.7 Å². The summed E-state index contributed by atoms with van der Waals surface area (Å²) in [5.41, 5.74) is 7.36. The number of nitrogens with zero attached hydrogens (tertiary/aromatic N) is 4. The quantitative estimate of drug-likeness (QED) is 0.128. The zero-order valence-electron chi connectivity index (χ0n) is 29.6. The first-order valence-electron chi connectivity index (χ1n) is 16.2. The summed E-state index contributed by atoms with van der Waals surface area (Å²) in [5.74, 6) is -1.84. The van der Waals surface area contributed by atoms with Gasteiger partial charge in [-0.25, -0.2) is 23.7 Å². The van der Waals surface area contributed by atoms with Gasteiger partial charge in [0, 0.05) is 17.0 Å². The van der Waals surface area contributed by atoms with Crippen molar-refractivity contribution in [3.05, 3.63) is 47.0 Å². The molecule has 6 atom stereocenters. The van der Waals surface area contributed by atoms with Crippen LogP contribution >= 0.6 is 18.3 Å². The Balaban J connectivity index is 1.51. The average Bonchev–Trinajstić information content (AvgIpc) is 3.54. The molecule has 2 saturated heterocycles. The summed E-state index contributed by atoms with van der Waals surface area (Å²) in [5, 5.41) is -0.243. The van der Waals surface area contributed by atoms with Gasteiger partial charge in [-0.2, -0.15) is 0 Å². The second-order valence-corrected chi connectivity index (χ2v) is 28.5. The van der Waals surface area contributed by atoms with E-state index in [9.17, 15) is 8.78 Å². The maximum atomic E-state index is 14.2. The Morgan fingerprint density at radius 3 is 2.24 bits per heavy atom. The molecule has 0 saturated carbocycles. The number of anilines is 1. The van der Waals surface area contributed by atoms with Crippen molar-refractivity contribution in [2.45, 2.75) is 115 Å². The summed E-state index contributed by atoms with van der Waals surface area (Å²) in [7, 11) is -4.88. The smallest absolute Gasteiger partial charge is 0.327 e. The fourth-order valence-electron chi connectivity index (χ4n) is 5.16. The van der Waals surface area contributed by atoms with Crippen LogP contribution in [-0.4, -0.2) is 67.7 Å².